The molecule has 7 heteroatoms. The molecule has 2 aromatic carbocycles. The molecular formula is C30H38N2O5. The van der Waals surface area contributed by atoms with Crippen molar-refractivity contribution in [3.8, 4) is 5.75 Å². The van der Waals surface area contributed by atoms with Gasteiger partial charge in [0.2, 0.25) is 5.91 Å². The molecule has 0 aliphatic heterocycles. The number of hydrogen-bond donors (Lipinski definition) is 4. The van der Waals surface area contributed by atoms with Crippen molar-refractivity contribution >= 4 is 12.0 Å². The molecule has 2 atom stereocenters. The SMILES string of the molecule is CC(Cc1ccc(O)cc1)(NC(=O)OC1C2CC3CC(C2)CC1C3)C(=O)NCC(CO)c1ccccc1. The van der Waals surface area contributed by atoms with Gasteiger partial charge in [-0.1, -0.05) is 42.5 Å². The third-order valence-electron chi connectivity index (χ3n) is 8.76. The van der Waals surface area contributed by atoms with Crippen LogP contribution in [0, 0.1) is 23.7 Å². The summed E-state index contributed by atoms with van der Waals surface area (Å²) in [6, 6.07) is 16.2. The van der Waals surface area contributed by atoms with E-state index in [2.05, 4.69) is 10.6 Å². The van der Waals surface area contributed by atoms with Gasteiger partial charge >= 0.3 is 6.09 Å². The van der Waals surface area contributed by atoms with Crippen molar-refractivity contribution in [2.24, 2.45) is 23.7 Å². The third kappa shape index (κ3) is 5.77. The average molecular weight is 507 g/mol. The monoisotopic (exact) mass is 506 g/mol. The third-order valence-corrected chi connectivity index (χ3v) is 8.76. The largest absolute Gasteiger partial charge is 0.508 e. The zero-order chi connectivity index (χ0) is 26.0. The molecule has 4 saturated carbocycles. The summed E-state index contributed by atoms with van der Waals surface area (Å²) in [7, 11) is 0. The molecule has 4 fully saturated rings. The van der Waals surface area contributed by atoms with Gasteiger partial charge in [0.15, 0.2) is 0 Å². The van der Waals surface area contributed by atoms with Gasteiger partial charge in [0.05, 0.1) is 6.61 Å². The number of carbonyl (C=O) groups excluding carboxylic acids is 2. The minimum atomic E-state index is -1.28. The van der Waals surface area contributed by atoms with E-state index in [1.165, 1.54) is 6.42 Å². The van der Waals surface area contributed by atoms with E-state index in [1.807, 2.05) is 30.3 Å². The van der Waals surface area contributed by atoms with Crippen LogP contribution in [0.25, 0.3) is 0 Å². The van der Waals surface area contributed by atoms with Crippen LogP contribution in [0.1, 0.15) is 56.1 Å². The lowest BCUT2D eigenvalue weighted by atomic mass is 9.55. The molecule has 7 nitrogen and oxygen atoms in total. The number of amides is 2. The maximum Gasteiger partial charge on any atom is 0.408 e. The summed E-state index contributed by atoms with van der Waals surface area (Å²) in [5, 5.41) is 25.4. The second-order valence-electron chi connectivity index (χ2n) is 11.6. The van der Waals surface area contributed by atoms with Gasteiger partial charge in [0, 0.05) is 18.9 Å². The lowest BCUT2D eigenvalue weighted by molar-refractivity contribution is -0.127. The van der Waals surface area contributed by atoms with Crippen LogP contribution in [0.5, 0.6) is 5.75 Å². The second-order valence-corrected chi connectivity index (χ2v) is 11.6. The molecule has 37 heavy (non-hydrogen) atoms. The quantitative estimate of drug-likeness (QED) is 0.409. The Morgan fingerprint density at radius 2 is 1.59 bits per heavy atom. The van der Waals surface area contributed by atoms with Gasteiger partial charge in [0.25, 0.3) is 0 Å². The highest BCUT2D eigenvalue weighted by Gasteiger charge is 2.50. The van der Waals surface area contributed by atoms with E-state index >= 15 is 0 Å². The average Bonchev–Trinajstić information content (AvgIpc) is 2.88. The number of aromatic hydroxyl groups is 1. The molecule has 0 aromatic heterocycles. The van der Waals surface area contributed by atoms with Crippen molar-refractivity contribution in [2.45, 2.75) is 63.0 Å². The van der Waals surface area contributed by atoms with Crippen molar-refractivity contribution < 1.29 is 24.5 Å². The first-order valence-electron chi connectivity index (χ1n) is 13.5. The summed E-state index contributed by atoms with van der Waals surface area (Å²) < 4.78 is 6.04. The number of aliphatic hydroxyl groups excluding tert-OH is 1. The van der Waals surface area contributed by atoms with Gasteiger partial charge in [0.1, 0.15) is 17.4 Å². The molecule has 6 rings (SSSR count). The van der Waals surface area contributed by atoms with Gasteiger partial charge in [-0.05, 0) is 86.0 Å². The first kappa shape index (κ1) is 25.6. The van der Waals surface area contributed by atoms with Crippen LogP contribution in [0.2, 0.25) is 0 Å². The van der Waals surface area contributed by atoms with E-state index in [-0.39, 0.29) is 43.3 Å². The van der Waals surface area contributed by atoms with Crippen LogP contribution >= 0.6 is 0 Å². The molecule has 4 bridgehead atoms. The Bertz CT molecular complexity index is 1060. The Hall–Kier alpha value is -3.06. The lowest BCUT2D eigenvalue weighted by Crippen LogP contribution is -2.60. The molecule has 0 saturated heterocycles. The molecule has 198 valence electrons. The van der Waals surface area contributed by atoms with Crippen molar-refractivity contribution in [3.05, 3.63) is 65.7 Å². The first-order valence-corrected chi connectivity index (χ1v) is 13.5. The lowest BCUT2D eigenvalue weighted by Gasteiger charge is -2.53. The van der Waals surface area contributed by atoms with E-state index in [4.69, 9.17) is 4.74 Å². The molecule has 4 aliphatic carbocycles. The zero-order valence-corrected chi connectivity index (χ0v) is 21.4. The minimum Gasteiger partial charge on any atom is -0.508 e. The summed E-state index contributed by atoms with van der Waals surface area (Å²) in [6.45, 7) is 1.82. The van der Waals surface area contributed by atoms with Crippen molar-refractivity contribution in [1.82, 2.24) is 10.6 Å². The van der Waals surface area contributed by atoms with Gasteiger partial charge in [-0.2, -0.15) is 0 Å². The first-order chi connectivity index (χ1) is 17.8. The Labute approximate surface area is 218 Å². The second kappa shape index (κ2) is 10.7. The molecule has 2 aromatic rings. The maximum absolute atomic E-state index is 13.5. The summed E-state index contributed by atoms with van der Waals surface area (Å²) in [5.74, 6) is 1.93. The van der Waals surface area contributed by atoms with E-state index in [1.54, 1.807) is 31.2 Å². The van der Waals surface area contributed by atoms with E-state index in [0.29, 0.717) is 11.8 Å². The minimum absolute atomic E-state index is 0.0781. The number of hydrogen-bond acceptors (Lipinski definition) is 5. The Balaban J connectivity index is 1.28. The summed E-state index contributed by atoms with van der Waals surface area (Å²) in [4.78, 5) is 26.8. The van der Waals surface area contributed by atoms with Crippen molar-refractivity contribution in [1.29, 1.82) is 0 Å². The maximum atomic E-state index is 13.5. The number of carbonyl (C=O) groups is 2. The number of benzene rings is 2. The van der Waals surface area contributed by atoms with Crippen LogP contribution in [0.3, 0.4) is 0 Å². The normalized spacial score (nSPS) is 28.2. The van der Waals surface area contributed by atoms with Crippen molar-refractivity contribution in [3.63, 3.8) is 0 Å². The number of phenols is 1. The standard InChI is InChI=1S/C30H38N2O5/c1-30(16-19-7-9-26(34)10-8-19,28(35)31-17-25(18-33)22-5-3-2-4-6-22)32-29(36)37-27-23-12-20-11-21(14-23)15-24(27)13-20/h2-10,20-21,23-25,27,33-34H,11-18H2,1H3,(H,31,35)(H,32,36). The van der Waals surface area contributed by atoms with Crippen LogP contribution < -0.4 is 10.6 Å². The van der Waals surface area contributed by atoms with Gasteiger partial charge in [-0.3, -0.25) is 4.79 Å². The molecule has 4 aliphatic rings. The number of aliphatic hydroxyl groups is 1. The zero-order valence-electron chi connectivity index (χ0n) is 21.4. The van der Waals surface area contributed by atoms with Crippen LogP contribution in [-0.4, -0.2) is 47.0 Å². The Morgan fingerprint density at radius 3 is 2.19 bits per heavy atom. The number of rotatable bonds is 9. The molecule has 2 amide bonds. The summed E-state index contributed by atoms with van der Waals surface area (Å²) >= 11 is 0. The van der Waals surface area contributed by atoms with E-state index in [9.17, 15) is 19.8 Å². The van der Waals surface area contributed by atoms with Crippen LogP contribution in [-0.2, 0) is 16.0 Å². The van der Waals surface area contributed by atoms with Gasteiger partial charge in [-0.15, -0.1) is 0 Å². The smallest absolute Gasteiger partial charge is 0.408 e. The topological polar surface area (TPSA) is 108 Å². The fourth-order valence-electron chi connectivity index (χ4n) is 7.07. The predicted octanol–water partition coefficient (Wildman–Crippen LogP) is 4.14. The molecule has 4 N–H and O–H groups in total. The highest BCUT2D eigenvalue weighted by atomic mass is 16.6. The molecule has 0 heterocycles. The molecule has 0 radical (unpaired) electrons. The molecule has 0 spiro atoms. The van der Waals surface area contributed by atoms with Gasteiger partial charge in [-0.25, -0.2) is 4.79 Å². The van der Waals surface area contributed by atoms with E-state index in [0.717, 1.165) is 48.6 Å². The number of phenolic OH excluding ortho intramolecular Hbond substituents is 1. The summed E-state index contributed by atoms with van der Waals surface area (Å²) in [5.41, 5.74) is 0.448. The van der Waals surface area contributed by atoms with Crippen LogP contribution in [0.4, 0.5) is 4.79 Å². The molecular weight excluding hydrogens is 468 g/mol. The Morgan fingerprint density at radius 1 is 0.973 bits per heavy atom. The van der Waals surface area contributed by atoms with Crippen LogP contribution in [0.15, 0.2) is 54.6 Å². The van der Waals surface area contributed by atoms with Gasteiger partial charge < -0.3 is 25.6 Å². The number of nitrogens with one attached hydrogen (secondary N) is 2. The van der Waals surface area contributed by atoms with E-state index < -0.39 is 11.6 Å². The Kier molecular flexibility index (Phi) is 7.43. The predicted molar refractivity (Wildman–Crippen MR) is 140 cm³/mol. The number of ether oxygens (including phenoxy) is 1. The van der Waals surface area contributed by atoms with Crippen molar-refractivity contribution in [2.75, 3.05) is 13.2 Å². The summed E-state index contributed by atoms with van der Waals surface area (Å²) in [6.07, 6.45) is 5.47. The highest BCUT2D eigenvalue weighted by molar-refractivity contribution is 5.90. The fourth-order valence-corrected chi connectivity index (χ4v) is 7.07. The highest BCUT2D eigenvalue weighted by Crippen LogP contribution is 2.54. The molecule has 2 unspecified atom stereocenters. The fraction of sp³-hybridized carbons (Fsp3) is 0.533. The number of alkyl carbamates (subject to hydrolysis) is 1.